The first kappa shape index (κ1) is 14.3. The number of benzene rings is 1. The normalized spacial score (nSPS) is 21.7. The molecule has 1 aromatic heterocycles. The molecule has 0 amide bonds. The fraction of sp³-hybridized carbons (Fsp3) is 0.500. The third-order valence-corrected chi connectivity index (χ3v) is 4.67. The second-order valence-corrected chi connectivity index (χ2v) is 6.84. The predicted octanol–water partition coefficient (Wildman–Crippen LogP) is 3.40. The second-order valence-electron chi connectivity index (χ2n) is 6.84. The van der Waals surface area contributed by atoms with E-state index in [1.54, 1.807) is 0 Å². The predicted molar refractivity (Wildman–Crippen MR) is 86.2 cm³/mol. The van der Waals surface area contributed by atoms with E-state index < -0.39 is 0 Å². The van der Waals surface area contributed by atoms with Gasteiger partial charge in [-0.1, -0.05) is 44.2 Å². The number of aromatic nitrogens is 2. The van der Waals surface area contributed by atoms with Crippen molar-refractivity contribution in [3.63, 3.8) is 0 Å². The molecule has 2 aromatic rings. The first-order valence-electron chi connectivity index (χ1n) is 7.88. The average molecular weight is 283 g/mol. The zero-order chi connectivity index (χ0) is 14.7. The van der Waals surface area contributed by atoms with Crippen LogP contribution < -0.4 is 0 Å². The summed E-state index contributed by atoms with van der Waals surface area (Å²) in [6.45, 7) is 9.41. The lowest BCUT2D eigenvalue weighted by Gasteiger charge is -2.26. The lowest BCUT2D eigenvalue weighted by atomic mass is 9.78. The molecule has 1 aliphatic rings. The van der Waals surface area contributed by atoms with Gasteiger partial charge in [-0.15, -0.1) is 0 Å². The van der Waals surface area contributed by atoms with Crippen molar-refractivity contribution in [3.8, 4) is 0 Å². The molecule has 1 aromatic carbocycles. The summed E-state index contributed by atoms with van der Waals surface area (Å²) in [6.07, 6.45) is 6.99. The summed E-state index contributed by atoms with van der Waals surface area (Å²) in [5.41, 5.74) is 1.84. The van der Waals surface area contributed by atoms with Gasteiger partial charge >= 0.3 is 0 Å². The van der Waals surface area contributed by atoms with E-state index in [2.05, 4.69) is 58.6 Å². The summed E-state index contributed by atoms with van der Waals surface area (Å²) in [6, 6.07) is 11.0. The van der Waals surface area contributed by atoms with Gasteiger partial charge in [0.25, 0.3) is 0 Å². The summed E-state index contributed by atoms with van der Waals surface area (Å²) in [4.78, 5) is 6.72. The SMILES string of the molecule is CC1(C)CN(CCCn2ccnc2)CC1c1ccccc1. The highest BCUT2D eigenvalue weighted by Crippen LogP contribution is 2.42. The number of rotatable bonds is 5. The Morgan fingerprint density at radius 1 is 1.19 bits per heavy atom. The smallest absolute Gasteiger partial charge is 0.0945 e. The van der Waals surface area contributed by atoms with E-state index in [1.165, 1.54) is 31.6 Å². The standard InChI is InChI=1S/C18H25N3/c1-18(2)14-21(11-6-10-20-12-9-19-15-20)13-17(18)16-7-4-3-5-8-16/h3-5,7-9,12,15,17H,6,10-11,13-14H2,1-2H3. The maximum Gasteiger partial charge on any atom is 0.0945 e. The molecule has 3 heteroatoms. The van der Waals surface area contributed by atoms with Crippen molar-refractivity contribution < 1.29 is 0 Å². The summed E-state index contributed by atoms with van der Waals surface area (Å²) in [5.74, 6) is 0.645. The Morgan fingerprint density at radius 2 is 2.00 bits per heavy atom. The van der Waals surface area contributed by atoms with Crippen LogP contribution in [-0.2, 0) is 6.54 Å². The molecular weight excluding hydrogens is 258 g/mol. The van der Waals surface area contributed by atoms with Crippen LogP contribution in [0.25, 0.3) is 0 Å². The minimum atomic E-state index is 0.357. The minimum Gasteiger partial charge on any atom is -0.337 e. The van der Waals surface area contributed by atoms with Gasteiger partial charge in [-0.2, -0.15) is 0 Å². The van der Waals surface area contributed by atoms with Gasteiger partial charge in [-0.05, 0) is 23.9 Å². The van der Waals surface area contributed by atoms with Gasteiger partial charge in [0, 0.05) is 37.9 Å². The maximum atomic E-state index is 4.10. The first-order chi connectivity index (χ1) is 10.1. The highest BCUT2D eigenvalue weighted by atomic mass is 15.2. The van der Waals surface area contributed by atoms with Crippen LogP contribution in [0, 0.1) is 5.41 Å². The fourth-order valence-corrected chi connectivity index (χ4v) is 3.56. The van der Waals surface area contributed by atoms with E-state index in [0.717, 1.165) is 6.54 Å². The van der Waals surface area contributed by atoms with Crippen molar-refractivity contribution in [2.24, 2.45) is 5.41 Å². The Balaban J connectivity index is 1.57. The fourth-order valence-electron chi connectivity index (χ4n) is 3.56. The number of hydrogen-bond acceptors (Lipinski definition) is 2. The summed E-state index contributed by atoms with van der Waals surface area (Å²) in [7, 11) is 0. The monoisotopic (exact) mass is 283 g/mol. The molecule has 2 heterocycles. The summed E-state index contributed by atoms with van der Waals surface area (Å²) in [5, 5.41) is 0. The molecular formula is C18H25N3. The Bertz CT molecular complexity index is 545. The molecule has 112 valence electrons. The van der Waals surface area contributed by atoms with Gasteiger partial charge in [0.2, 0.25) is 0 Å². The quantitative estimate of drug-likeness (QED) is 0.838. The van der Waals surface area contributed by atoms with E-state index in [-0.39, 0.29) is 0 Å². The van der Waals surface area contributed by atoms with Crippen LogP contribution >= 0.6 is 0 Å². The molecule has 1 atom stereocenters. The third kappa shape index (κ3) is 3.35. The van der Waals surface area contributed by atoms with Crippen molar-refractivity contribution in [1.29, 1.82) is 0 Å². The van der Waals surface area contributed by atoms with E-state index in [1.807, 2.05) is 18.7 Å². The van der Waals surface area contributed by atoms with Gasteiger partial charge < -0.3 is 9.47 Å². The largest absolute Gasteiger partial charge is 0.337 e. The minimum absolute atomic E-state index is 0.357. The molecule has 21 heavy (non-hydrogen) atoms. The van der Waals surface area contributed by atoms with Gasteiger partial charge in [-0.3, -0.25) is 0 Å². The zero-order valence-corrected chi connectivity index (χ0v) is 13.1. The van der Waals surface area contributed by atoms with E-state index in [9.17, 15) is 0 Å². The molecule has 0 bridgehead atoms. The molecule has 3 nitrogen and oxygen atoms in total. The third-order valence-electron chi connectivity index (χ3n) is 4.67. The Morgan fingerprint density at radius 3 is 2.71 bits per heavy atom. The highest BCUT2D eigenvalue weighted by molar-refractivity contribution is 5.24. The van der Waals surface area contributed by atoms with Crippen molar-refractivity contribution in [1.82, 2.24) is 14.5 Å². The van der Waals surface area contributed by atoms with Crippen LogP contribution in [0.1, 0.15) is 31.7 Å². The van der Waals surface area contributed by atoms with Gasteiger partial charge in [0.1, 0.15) is 0 Å². The molecule has 1 saturated heterocycles. The second kappa shape index (κ2) is 6.02. The van der Waals surface area contributed by atoms with Crippen molar-refractivity contribution in [2.75, 3.05) is 19.6 Å². The van der Waals surface area contributed by atoms with Gasteiger partial charge in [0.05, 0.1) is 6.33 Å². The molecule has 0 saturated carbocycles. The maximum absolute atomic E-state index is 4.10. The van der Waals surface area contributed by atoms with Crippen LogP contribution in [-0.4, -0.2) is 34.1 Å². The number of imidazole rings is 1. The van der Waals surface area contributed by atoms with Crippen molar-refractivity contribution in [3.05, 3.63) is 54.6 Å². The Kier molecular flexibility index (Phi) is 4.11. The van der Waals surface area contributed by atoms with Gasteiger partial charge in [-0.25, -0.2) is 4.98 Å². The van der Waals surface area contributed by atoms with E-state index in [0.29, 0.717) is 11.3 Å². The van der Waals surface area contributed by atoms with Crippen LogP contribution in [0.4, 0.5) is 0 Å². The lowest BCUT2D eigenvalue weighted by Crippen LogP contribution is -2.25. The summed E-state index contributed by atoms with van der Waals surface area (Å²) < 4.78 is 2.16. The van der Waals surface area contributed by atoms with Gasteiger partial charge in [0.15, 0.2) is 0 Å². The summed E-state index contributed by atoms with van der Waals surface area (Å²) >= 11 is 0. The van der Waals surface area contributed by atoms with Crippen molar-refractivity contribution >= 4 is 0 Å². The molecule has 0 spiro atoms. The van der Waals surface area contributed by atoms with Crippen molar-refractivity contribution in [2.45, 2.75) is 32.7 Å². The zero-order valence-electron chi connectivity index (χ0n) is 13.1. The number of likely N-dealkylation sites (tertiary alicyclic amines) is 1. The Labute approximate surface area is 127 Å². The molecule has 1 unspecified atom stereocenters. The molecule has 1 fully saturated rings. The van der Waals surface area contributed by atoms with E-state index in [4.69, 9.17) is 0 Å². The Hall–Kier alpha value is -1.61. The molecule has 0 radical (unpaired) electrons. The lowest BCUT2D eigenvalue weighted by molar-refractivity contribution is 0.280. The van der Waals surface area contributed by atoms with E-state index >= 15 is 0 Å². The van der Waals surface area contributed by atoms with Crippen LogP contribution in [0.5, 0.6) is 0 Å². The molecule has 0 aliphatic carbocycles. The number of hydrogen-bond donors (Lipinski definition) is 0. The number of aryl methyl sites for hydroxylation is 1. The van der Waals surface area contributed by atoms with Crippen LogP contribution in [0.15, 0.2) is 49.1 Å². The van der Waals surface area contributed by atoms with Crippen LogP contribution in [0.3, 0.4) is 0 Å². The first-order valence-corrected chi connectivity index (χ1v) is 7.88. The van der Waals surface area contributed by atoms with Crippen LogP contribution in [0.2, 0.25) is 0 Å². The number of nitrogens with zero attached hydrogens (tertiary/aromatic N) is 3. The molecule has 3 rings (SSSR count). The average Bonchev–Trinajstić information content (AvgIpc) is 3.07. The molecule has 1 aliphatic heterocycles. The topological polar surface area (TPSA) is 21.1 Å². The molecule has 0 N–H and O–H groups in total. The highest BCUT2D eigenvalue weighted by Gasteiger charge is 2.39.